The number of amides is 2. The van der Waals surface area contributed by atoms with Gasteiger partial charge in [-0.3, -0.25) is 14.5 Å². The Morgan fingerprint density at radius 2 is 1.50 bits per heavy atom. The molecule has 0 radical (unpaired) electrons. The van der Waals surface area contributed by atoms with Gasteiger partial charge in [0, 0.05) is 17.9 Å². The van der Waals surface area contributed by atoms with Gasteiger partial charge in [-0.1, -0.05) is 23.3 Å². The van der Waals surface area contributed by atoms with Gasteiger partial charge in [-0.2, -0.15) is 0 Å². The van der Waals surface area contributed by atoms with E-state index >= 15 is 0 Å². The maximum Gasteiger partial charge on any atom is 0.234 e. The molecule has 2 fully saturated rings. The Hall–Kier alpha value is -1.38. The van der Waals surface area contributed by atoms with Crippen LogP contribution in [0.2, 0.25) is 0 Å². The fourth-order valence-electron chi connectivity index (χ4n) is 3.96. The zero-order chi connectivity index (χ0) is 13.2. The first kappa shape index (κ1) is 11.7. The minimum atomic E-state index is -0.125. The summed E-state index contributed by atoms with van der Waals surface area (Å²) in [5.41, 5.74) is 2.58. The van der Waals surface area contributed by atoms with Crippen LogP contribution in [0.5, 0.6) is 0 Å². The van der Waals surface area contributed by atoms with Gasteiger partial charge in [0.1, 0.15) is 0 Å². The Bertz CT molecular complexity index is 463. The standard InChI is InChI=1S/C15H19NO2/c1-7(2)11-9-5-6-10(11)13-12(9)14(17)16(8(3)4)15(13)18/h5-6,8-10,12-13H,1-4H3/t9-,10-,12-,13-/m0/s1. The Labute approximate surface area is 108 Å². The molecule has 3 rings (SSSR count). The lowest BCUT2D eigenvalue weighted by Crippen LogP contribution is -2.38. The molecule has 1 aliphatic heterocycles. The molecule has 0 aromatic rings. The van der Waals surface area contributed by atoms with E-state index < -0.39 is 0 Å². The van der Waals surface area contributed by atoms with E-state index in [1.54, 1.807) is 0 Å². The molecule has 3 nitrogen and oxygen atoms in total. The van der Waals surface area contributed by atoms with Crippen molar-refractivity contribution in [3.63, 3.8) is 0 Å². The summed E-state index contributed by atoms with van der Waals surface area (Å²) in [5, 5.41) is 0. The summed E-state index contributed by atoms with van der Waals surface area (Å²) in [6.45, 7) is 7.99. The summed E-state index contributed by atoms with van der Waals surface area (Å²) in [6, 6.07) is -0.0230. The third kappa shape index (κ3) is 1.20. The fourth-order valence-corrected chi connectivity index (χ4v) is 3.96. The van der Waals surface area contributed by atoms with Crippen LogP contribution in [0.25, 0.3) is 0 Å². The number of fused-ring (bicyclic) bond motifs is 5. The van der Waals surface area contributed by atoms with Crippen LogP contribution < -0.4 is 0 Å². The van der Waals surface area contributed by atoms with Gasteiger partial charge in [0.05, 0.1) is 11.8 Å². The third-order valence-electron chi connectivity index (χ3n) is 4.54. The smallest absolute Gasteiger partial charge is 0.234 e. The van der Waals surface area contributed by atoms with Crippen molar-refractivity contribution in [2.75, 3.05) is 0 Å². The Kier molecular flexibility index (Phi) is 2.31. The molecule has 3 aliphatic rings. The number of rotatable bonds is 1. The zero-order valence-electron chi connectivity index (χ0n) is 11.3. The maximum atomic E-state index is 12.4. The molecule has 0 N–H and O–H groups in total. The zero-order valence-corrected chi connectivity index (χ0v) is 11.3. The molecule has 96 valence electrons. The van der Waals surface area contributed by atoms with Crippen LogP contribution >= 0.6 is 0 Å². The fraction of sp³-hybridized carbons (Fsp3) is 0.600. The highest BCUT2D eigenvalue weighted by atomic mass is 16.2. The van der Waals surface area contributed by atoms with Crippen LogP contribution in [-0.4, -0.2) is 22.8 Å². The molecule has 0 aromatic heterocycles. The van der Waals surface area contributed by atoms with Gasteiger partial charge >= 0.3 is 0 Å². The number of carbonyl (C=O) groups excluding carboxylic acids is 2. The maximum absolute atomic E-state index is 12.4. The van der Waals surface area contributed by atoms with E-state index in [9.17, 15) is 9.59 Å². The predicted octanol–water partition coefficient (Wildman–Crippen LogP) is 2.15. The molecule has 0 unspecified atom stereocenters. The molecule has 0 spiro atoms. The number of imide groups is 1. The second-order valence-corrected chi connectivity index (χ2v) is 6.08. The van der Waals surface area contributed by atoms with E-state index in [1.165, 1.54) is 16.0 Å². The lowest BCUT2D eigenvalue weighted by Gasteiger charge is -2.22. The SMILES string of the molecule is CC(C)=C1[C@@H]2C=C[C@@H]1[C@@H]1C(=O)N(C(C)C)C(=O)[C@H]12. The third-order valence-corrected chi connectivity index (χ3v) is 4.54. The lowest BCUT2D eigenvalue weighted by molar-refractivity contribution is -0.142. The molecule has 1 saturated carbocycles. The van der Waals surface area contributed by atoms with E-state index in [1.807, 2.05) is 13.8 Å². The van der Waals surface area contributed by atoms with Gasteiger partial charge < -0.3 is 0 Å². The number of carbonyl (C=O) groups is 2. The molecule has 2 aliphatic carbocycles. The minimum absolute atomic E-state index is 0.0230. The second kappa shape index (κ2) is 3.56. The summed E-state index contributed by atoms with van der Waals surface area (Å²) in [6.07, 6.45) is 4.26. The topological polar surface area (TPSA) is 37.4 Å². The number of allylic oxidation sites excluding steroid dienone is 4. The summed E-state index contributed by atoms with van der Waals surface area (Å²) in [5.74, 6) is 0.168. The Morgan fingerprint density at radius 1 is 1.06 bits per heavy atom. The predicted molar refractivity (Wildman–Crippen MR) is 68.5 cm³/mol. The van der Waals surface area contributed by atoms with Crippen LogP contribution in [0.1, 0.15) is 27.7 Å². The number of nitrogens with zero attached hydrogens (tertiary/aromatic N) is 1. The molecule has 0 aromatic carbocycles. The molecular weight excluding hydrogens is 226 g/mol. The summed E-state index contributed by atoms with van der Waals surface area (Å²) in [4.78, 5) is 26.4. The lowest BCUT2D eigenvalue weighted by atomic mass is 9.85. The summed E-state index contributed by atoms with van der Waals surface area (Å²) >= 11 is 0. The normalized spacial score (nSPS) is 37.2. The van der Waals surface area contributed by atoms with E-state index in [2.05, 4.69) is 26.0 Å². The highest BCUT2D eigenvalue weighted by Crippen LogP contribution is 2.56. The molecule has 2 bridgehead atoms. The second-order valence-electron chi connectivity index (χ2n) is 6.08. The molecule has 18 heavy (non-hydrogen) atoms. The van der Waals surface area contributed by atoms with E-state index in [-0.39, 0.29) is 41.5 Å². The summed E-state index contributed by atoms with van der Waals surface area (Å²) in [7, 11) is 0. The first-order valence-electron chi connectivity index (χ1n) is 6.67. The van der Waals surface area contributed by atoms with Crippen molar-refractivity contribution in [3.05, 3.63) is 23.3 Å². The van der Waals surface area contributed by atoms with Gasteiger partial charge in [0.2, 0.25) is 11.8 Å². The van der Waals surface area contributed by atoms with Crippen molar-refractivity contribution in [1.29, 1.82) is 0 Å². The molecular formula is C15H19NO2. The van der Waals surface area contributed by atoms with Gasteiger partial charge in [-0.25, -0.2) is 0 Å². The number of hydrogen-bond acceptors (Lipinski definition) is 2. The average molecular weight is 245 g/mol. The van der Waals surface area contributed by atoms with Crippen LogP contribution in [0.3, 0.4) is 0 Å². The Morgan fingerprint density at radius 3 is 1.83 bits per heavy atom. The van der Waals surface area contributed by atoms with Gasteiger partial charge in [0.25, 0.3) is 0 Å². The van der Waals surface area contributed by atoms with Gasteiger partial charge in [-0.05, 0) is 27.7 Å². The molecule has 2 amide bonds. The van der Waals surface area contributed by atoms with Gasteiger partial charge in [-0.15, -0.1) is 0 Å². The first-order chi connectivity index (χ1) is 8.45. The van der Waals surface area contributed by atoms with Crippen LogP contribution in [0, 0.1) is 23.7 Å². The van der Waals surface area contributed by atoms with Crippen molar-refractivity contribution in [2.45, 2.75) is 33.7 Å². The van der Waals surface area contributed by atoms with Crippen molar-refractivity contribution in [2.24, 2.45) is 23.7 Å². The number of likely N-dealkylation sites (tertiary alicyclic amines) is 1. The minimum Gasteiger partial charge on any atom is -0.279 e. The van der Waals surface area contributed by atoms with Crippen molar-refractivity contribution in [3.8, 4) is 0 Å². The Balaban J connectivity index is 2.06. The largest absolute Gasteiger partial charge is 0.279 e. The number of hydrogen-bond donors (Lipinski definition) is 0. The van der Waals surface area contributed by atoms with Crippen LogP contribution in [0.15, 0.2) is 23.3 Å². The van der Waals surface area contributed by atoms with Crippen molar-refractivity contribution >= 4 is 11.8 Å². The van der Waals surface area contributed by atoms with Crippen molar-refractivity contribution in [1.82, 2.24) is 4.90 Å². The highest BCUT2D eigenvalue weighted by Gasteiger charge is 2.61. The molecule has 1 saturated heterocycles. The quantitative estimate of drug-likeness (QED) is 0.524. The van der Waals surface area contributed by atoms with Crippen molar-refractivity contribution < 1.29 is 9.59 Å². The highest BCUT2D eigenvalue weighted by molar-refractivity contribution is 6.07. The first-order valence-corrected chi connectivity index (χ1v) is 6.67. The van der Waals surface area contributed by atoms with E-state index in [4.69, 9.17) is 0 Å². The van der Waals surface area contributed by atoms with E-state index in [0.717, 1.165) is 0 Å². The van der Waals surface area contributed by atoms with Crippen LogP contribution in [0.4, 0.5) is 0 Å². The molecule has 1 heterocycles. The molecule has 3 heteroatoms. The monoisotopic (exact) mass is 245 g/mol. The average Bonchev–Trinajstić information content (AvgIpc) is 2.88. The molecule has 4 atom stereocenters. The van der Waals surface area contributed by atoms with E-state index in [0.29, 0.717) is 0 Å². The van der Waals surface area contributed by atoms with Gasteiger partial charge in [0.15, 0.2) is 0 Å². The van der Waals surface area contributed by atoms with Crippen LogP contribution in [-0.2, 0) is 9.59 Å². The summed E-state index contributed by atoms with van der Waals surface area (Å²) < 4.78 is 0.